The van der Waals surface area contributed by atoms with Crippen molar-refractivity contribution in [3.8, 4) is 0 Å². The van der Waals surface area contributed by atoms with Crippen LogP contribution in [0, 0.1) is 0 Å². The summed E-state index contributed by atoms with van der Waals surface area (Å²) in [6, 6.07) is -2.61. The Kier molecular flexibility index (Phi) is 26.1. The van der Waals surface area contributed by atoms with Gasteiger partial charge in [0.05, 0.1) is 14.2 Å². The predicted molar refractivity (Wildman–Crippen MR) is 132 cm³/mol. The lowest BCUT2D eigenvalue weighted by molar-refractivity contribution is -0.404. The fourth-order valence-corrected chi connectivity index (χ4v) is 5.55. The number of rotatable bonds is 17. The minimum Gasteiger partial charge on any atom is -1.00 e. The van der Waals surface area contributed by atoms with Crippen molar-refractivity contribution in [2.24, 2.45) is 0 Å². The van der Waals surface area contributed by atoms with Crippen molar-refractivity contribution in [2.45, 2.75) is 37.0 Å². The highest BCUT2D eigenvalue weighted by Crippen LogP contribution is 2.23. The normalized spacial score (nSPS) is 13.7. The van der Waals surface area contributed by atoms with Gasteiger partial charge in [0.25, 0.3) is 11.8 Å². The summed E-state index contributed by atoms with van der Waals surface area (Å²) in [5.41, 5.74) is 7.67. The fourth-order valence-electron chi connectivity index (χ4n) is 2.22. The first-order valence-electron chi connectivity index (χ1n) is 9.86. The number of hydrogen-bond acceptors (Lipinski definition) is 10. The Morgan fingerprint density at radius 2 is 1.06 bits per heavy atom. The number of thioether (sulfide) groups is 2. The van der Waals surface area contributed by atoms with Crippen molar-refractivity contribution in [1.82, 2.24) is 10.6 Å². The van der Waals surface area contributed by atoms with Gasteiger partial charge in [-0.15, -0.1) is 0 Å². The molecule has 0 fully saturated rings. The average Bonchev–Trinajstić information content (AvgIpc) is 2.80. The number of carbonyl (C=O) groups is 4. The van der Waals surface area contributed by atoms with Crippen LogP contribution in [-0.2, 0) is 28.7 Å². The highest BCUT2D eigenvalue weighted by atomic mass is 35.5. The number of quaternary nitrogens is 2. The minimum absolute atomic E-state index is 0. The van der Waals surface area contributed by atoms with E-state index in [0.717, 1.165) is 11.5 Å². The molecule has 0 radical (unpaired) electrons. The first-order valence-corrected chi connectivity index (χ1v) is 15.1. The summed E-state index contributed by atoms with van der Waals surface area (Å²) in [5.74, 6) is 0.294. The van der Waals surface area contributed by atoms with Crippen LogP contribution < -0.4 is 46.9 Å². The van der Waals surface area contributed by atoms with Gasteiger partial charge in [-0.1, -0.05) is 21.6 Å². The van der Waals surface area contributed by atoms with E-state index in [-0.39, 0.29) is 48.1 Å². The lowest BCUT2D eigenvalue weighted by Gasteiger charge is -2.19. The Bertz CT molecular complexity index is 563. The number of methoxy groups -OCH3 is 2. The third kappa shape index (κ3) is 16.5. The lowest BCUT2D eigenvalue weighted by Crippen LogP contribution is -3.00. The van der Waals surface area contributed by atoms with E-state index in [2.05, 4.69) is 22.1 Å². The quantitative estimate of drug-likeness (QED) is 0.0713. The van der Waals surface area contributed by atoms with E-state index >= 15 is 0 Å². The third-order valence-electron chi connectivity index (χ3n) is 4.24. The molecule has 34 heavy (non-hydrogen) atoms. The molecule has 0 unspecified atom stereocenters. The highest BCUT2D eigenvalue weighted by Gasteiger charge is 2.28. The number of esters is 2. The monoisotopic (exact) mass is 602 g/mol. The third-order valence-corrected chi connectivity index (χ3v) is 7.95. The standard InChI is InChI=1S/C18H34N4O6S4.2ClH/c1-27-17(25)13(21-15(23)11(19)5-7-29-3)9-31-32-10-14(18(26)28-2)22-16(24)12(20)6-8-30-4;;/h11-14H,5-10,19-20H2,1-4H3,(H,21,23)(H,22,24);2*1H/t11-,12-,13-,14-;;/m0../s1. The van der Waals surface area contributed by atoms with Gasteiger partial charge >= 0.3 is 11.9 Å². The van der Waals surface area contributed by atoms with Crippen molar-refractivity contribution < 1.29 is 64.9 Å². The van der Waals surface area contributed by atoms with Crippen LogP contribution in [0.15, 0.2) is 0 Å². The minimum atomic E-state index is -0.842. The van der Waals surface area contributed by atoms with Gasteiger partial charge in [-0.05, 0) is 24.0 Å². The summed E-state index contributed by atoms with van der Waals surface area (Å²) < 4.78 is 9.56. The summed E-state index contributed by atoms with van der Waals surface area (Å²) in [6.45, 7) is 0. The molecule has 0 heterocycles. The first-order chi connectivity index (χ1) is 15.2. The molecule has 0 aromatic carbocycles. The van der Waals surface area contributed by atoms with E-state index in [9.17, 15) is 19.2 Å². The van der Waals surface area contributed by atoms with Crippen molar-refractivity contribution in [3.05, 3.63) is 0 Å². The molecule has 0 aliphatic rings. The van der Waals surface area contributed by atoms with Gasteiger partial charge in [0.1, 0.15) is 12.1 Å². The Hall–Kier alpha value is -0.220. The summed E-state index contributed by atoms with van der Waals surface area (Å²) in [7, 11) is 5.07. The van der Waals surface area contributed by atoms with Crippen molar-refractivity contribution in [2.75, 3.05) is 49.7 Å². The molecule has 0 bridgehead atoms. The van der Waals surface area contributed by atoms with Crippen LogP contribution in [0.1, 0.15) is 12.8 Å². The molecule has 0 saturated heterocycles. The zero-order valence-electron chi connectivity index (χ0n) is 19.8. The number of hydrogen-bond donors (Lipinski definition) is 4. The Morgan fingerprint density at radius 3 is 1.32 bits per heavy atom. The lowest BCUT2D eigenvalue weighted by atomic mass is 10.2. The Morgan fingerprint density at radius 1 is 0.735 bits per heavy atom. The highest BCUT2D eigenvalue weighted by molar-refractivity contribution is 8.76. The van der Waals surface area contributed by atoms with Crippen LogP contribution in [0.3, 0.4) is 0 Å². The Labute approximate surface area is 230 Å². The van der Waals surface area contributed by atoms with Crippen LogP contribution in [0.5, 0.6) is 0 Å². The summed E-state index contributed by atoms with van der Waals surface area (Å²) >= 11 is 3.24. The van der Waals surface area contributed by atoms with E-state index < -0.39 is 36.1 Å². The maximum Gasteiger partial charge on any atom is 0.329 e. The summed E-state index contributed by atoms with van der Waals surface area (Å²) in [6.07, 6.45) is 5.10. The van der Waals surface area contributed by atoms with Gasteiger partial charge in [-0.3, -0.25) is 9.59 Å². The fraction of sp³-hybridized carbons (Fsp3) is 0.778. The van der Waals surface area contributed by atoms with Gasteiger partial charge in [-0.2, -0.15) is 23.5 Å². The molecule has 10 nitrogen and oxygen atoms in total. The van der Waals surface area contributed by atoms with E-state index in [1.807, 2.05) is 12.5 Å². The van der Waals surface area contributed by atoms with Crippen LogP contribution in [-0.4, -0.2) is 97.7 Å². The molecule has 0 saturated carbocycles. The molecule has 0 aliphatic heterocycles. The molecular formula is C18H36Cl2N4O6S4. The molecule has 0 aromatic rings. The first kappa shape index (κ1) is 38.3. The molecule has 8 N–H and O–H groups in total. The number of amides is 2. The van der Waals surface area contributed by atoms with Gasteiger partial charge < -0.3 is 56.4 Å². The topological polar surface area (TPSA) is 166 Å². The Balaban J connectivity index is -0.00000480. The molecule has 0 aromatic heterocycles. The van der Waals surface area contributed by atoms with Gasteiger partial charge in [0.2, 0.25) is 0 Å². The zero-order chi connectivity index (χ0) is 24.5. The number of halogens is 2. The van der Waals surface area contributed by atoms with Crippen molar-refractivity contribution >= 4 is 68.9 Å². The number of ether oxygens (including phenoxy) is 2. The molecule has 0 rings (SSSR count). The van der Waals surface area contributed by atoms with Crippen molar-refractivity contribution in [1.29, 1.82) is 0 Å². The van der Waals surface area contributed by atoms with Crippen molar-refractivity contribution in [3.63, 3.8) is 0 Å². The van der Waals surface area contributed by atoms with E-state index in [0.29, 0.717) is 12.8 Å². The molecule has 0 spiro atoms. The molecule has 4 atom stereocenters. The second-order valence-corrected chi connectivity index (χ2v) is 11.2. The van der Waals surface area contributed by atoms with Gasteiger partial charge in [-0.25, -0.2) is 9.59 Å². The van der Waals surface area contributed by atoms with Gasteiger partial charge in [0.15, 0.2) is 12.1 Å². The largest absolute Gasteiger partial charge is 1.00 e. The van der Waals surface area contributed by atoms with Crippen LogP contribution in [0.2, 0.25) is 0 Å². The molecule has 2 amide bonds. The average molecular weight is 604 g/mol. The van der Waals surface area contributed by atoms with Crippen LogP contribution >= 0.6 is 45.1 Å². The number of nitrogens with one attached hydrogen (secondary N) is 2. The van der Waals surface area contributed by atoms with E-state index in [1.165, 1.54) is 35.8 Å². The second-order valence-electron chi connectivity index (χ2n) is 6.69. The number of carbonyl (C=O) groups excluding carboxylic acids is 4. The maximum absolute atomic E-state index is 12.3. The zero-order valence-corrected chi connectivity index (χ0v) is 24.6. The summed E-state index contributed by atoms with van der Waals surface area (Å²) in [5, 5.41) is 5.35. The van der Waals surface area contributed by atoms with E-state index in [4.69, 9.17) is 9.47 Å². The molecular weight excluding hydrogens is 567 g/mol. The smallest absolute Gasteiger partial charge is 0.329 e. The molecule has 16 heteroatoms. The van der Waals surface area contributed by atoms with Crippen LogP contribution in [0.4, 0.5) is 0 Å². The molecule has 0 aliphatic carbocycles. The SMILES string of the molecule is COC(=O)[C@H](CSSC[C@H](NC(=O)[C@@H]([NH3+])CCSC)C(=O)OC)NC(=O)[C@@H]([NH3+])CCSC.[Cl-].[Cl-]. The van der Waals surface area contributed by atoms with E-state index in [1.54, 1.807) is 23.5 Å². The second kappa shape index (κ2) is 23.2. The predicted octanol–water partition coefficient (Wildman–Crippen LogP) is -7.58. The summed E-state index contributed by atoms with van der Waals surface area (Å²) in [4.78, 5) is 48.7. The maximum atomic E-state index is 12.3. The van der Waals surface area contributed by atoms with Gasteiger partial charge in [0, 0.05) is 24.3 Å². The molecule has 202 valence electrons. The van der Waals surface area contributed by atoms with Crippen LogP contribution in [0.25, 0.3) is 0 Å².